The summed E-state index contributed by atoms with van der Waals surface area (Å²) < 4.78 is 13.3. The minimum atomic E-state index is 0.00619. The van der Waals surface area contributed by atoms with E-state index in [1.807, 2.05) is 28.8 Å². The number of aryl methyl sites for hydroxylation is 1. The van der Waals surface area contributed by atoms with Crippen LogP contribution in [0.25, 0.3) is 10.9 Å². The first kappa shape index (κ1) is 16.8. The maximum atomic E-state index is 12.9. The smallest absolute Gasteiger partial charge is 0.257 e. The second-order valence-electron chi connectivity index (χ2n) is 6.13. The molecule has 24 heavy (non-hydrogen) atoms. The van der Waals surface area contributed by atoms with Crippen molar-refractivity contribution in [1.29, 1.82) is 0 Å². The van der Waals surface area contributed by atoms with Crippen LogP contribution >= 0.6 is 0 Å². The molecular formula is C18H25N3O3. The van der Waals surface area contributed by atoms with Crippen molar-refractivity contribution >= 4 is 16.8 Å². The molecule has 1 aliphatic rings. The maximum absolute atomic E-state index is 12.9. The molecule has 0 radical (unpaired) electrons. The quantitative estimate of drug-likeness (QED) is 0.845. The number of nitrogens with zero attached hydrogens (tertiary/aromatic N) is 3. The van der Waals surface area contributed by atoms with Crippen molar-refractivity contribution in [2.45, 2.75) is 32.8 Å². The standard InChI is InChI=1S/C18H25N3O3/c1-4-13(5-2)24-17-14-6-7-20(3)16(14)15(12-19-17)18(22)21-8-10-23-11-9-21/h6-7,12-13H,4-5,8-11H2,1-3H3. The molecule has 0 atom stereocenters. The van der Waals surface area contributed by atoms with Gasteiger partial charge in [-0.2, -0.15) is 0 Å². The molecule has 0 bridgehead atoms. The Labute approximate surface area is 142 Å². The molecule has 0 saturated carbocycles. The van der Waals surface area contributed by atoms with Crippen LogP contribution in [0.3, 0.4) is 0 Å². The minimum absolute atomic E-state index is 0.00619. The fourth-order valence-electron chi connectivity index (χ4n) is 3.09. The van der Waals surface area contributed by atoms with Gasteiger partial charge < -0.3 is 18.9 Å². The van der Waals surface area contributed by atoms with E-state index in [1.54, 1.807) is 6.20 Å². The Bertz CT molecular complexity index is 716. The second-order valence-corrected chi connectivity index (χ2v) is 6.13. The van der Waals surface area contributed by atoms with Crippen LogP contribution in [-0.4, -0.2) is 52.8 Å². The number of fused-ring (bicyclic) bond motifs is 1. The monoisotopic (exact) mass is 331 g/mol. The van der Waals surface area contributed by atoms with Crippen LogP contribution in [0.5, 0.6) is 5.88 Å². The van der Waals surface area contributed by atoms with Crippen molar-refractivity contribution < 1.29 is 14.3 Å². The number of aromatic nitrogens is 2. The Morgan fingerprint density at radius 2 is 2.04 bits per heavy atom. The van der Waals surface area contributed by atoms with Gasteiger partial charge in [-0.25, -0.2) is 4.98 Å². The zero-order valence-corrected chi connectivity index (χ0v) is 14.6. The normalized spacial score (nSPS) is 15.2. The molecule has 0 aromatic carbocycles. The van der Waals surface area contributed by atoms with E-state index in [0.29, 0.717) is 37.7 Å². The summed E-state index contributed by atoms with van der Waals surface area (Å²) in [6.45, 7) is 6.63. The number of morpholine rings is 1. The summed E-state index contributed by atoms with van der Waals surface area (Å²) >= 11 is 0. The summed E-state index contributed by atoms with van der Waals surface area (Å²) in [5.41, 5.74) is 1.50. The molecule has 2 aromatic heterocycles. The van der Waals surface area contributed by atoms with Gasteiger partial charge in [-0.05, 0) is 18.9 Å². The lowest BCUT2D eigenvalue weighted by Crippen LogP contribution is -2.40. The van der Waals surface area contributed by atoms with Crippen molar-refractivity contribution in [2.24, 2.45) is 7.05 Å². The third-order valence-corrected chi connectivity index (χ3v) is 4.59. The van der Waals surface area contributed by atoms with E-state index in [9.17, 15) is 4.79 Å². The van der Waals surface area contributed by atoms with E-state index in [1.165, 1.54) is 0 Å². The highest BCUT2D eigenvalue weighted by Gasteiger charge is 2.24. The fourth-order valence-corrected chi connectivity index (χ4v) is 3.09. The molecule has 1 saturated heterocycles. The van der Waals surface area contributed by atoms with Gasteiger partial charge in [0.05, 0.1) is 35.8 Å². The van der Waals surface area contributed by atoms with Crippen molar-refractivity contribution in [2.75, 3.05) is 26.3 Å². The number of hydrogen-bond acceptors (Lipinski definition) is 4. The van der Waals surface area contributed by atoms with E-state index in [0.717, 1.165) is 23.7 Å². The summed E-state index contributed by atoms with van der Waals surface area (Å²) in [4.78, 5) is 19.2. The Morgan fingerprint density at radius 3 is 2.71 bits per heavy atom. The topological polar surface area (TPSA) is 56.6 Å². The molecule has 1 amide bonds. The van der Waals surface area contributed by atoms with Gasteiger partial charge in [0.15, 0.2) is 0 Å². The Kier molecular flexibility index (Phi) is 5.04. The summed E-state index contributed by atoms with van der Waals surface area (Å²) in [5, 5.41) is 0.892. The first-order valence-electron chi connectivity index (χ1n) is 8.63. The largest absolute Gasteiger partial charge is 0.474 e. The Hall–Kier alpha value is -2.08. The molecular weight excluding hydrogens is 306 g/mol. The number of carbonyl (C=O) groups is 1. The fraction of sp³-hybridized carbons (Fsp3) is 0.556. The average molecular weight is 331 g/mol. The Morgan fingerprint density at radius 1 is 1.33 bits per heavy atom. The van der Waals surface area contributed by atoms with Crippen LogP contribution in [-0.2, 0) is 11.8 Å². The lowest BCUT2D eigenvalue weighted by Gasteiger charge is -2.27. The molecule has 0 aliphatic carbocycles. The highest BCUT2D eigenvalue weighted by atomic mass is 16.5. The van der Waals surface area contributed by atoms with Crippen molar-refractivity contribution in [3.63, 3.8) is 0 Å². The van der Waals surface area contributed by atoms with Crippen molar-refractivity contribution in [3.8, 4) is 5.88 Å². The van der Waals surface area contributed by atoms with Crippen molar-refractivity contribution in [3.05, 3.63) is 24.0 Å². The zero-order chi connectivity index (χ0) is 17.1. The average Bonchev–Trinajstić information content (AvgIpc) is 3.02. The van der Waals surface area contributed by atoms with Gasteiger partial charge in [-0.3, -0.25) is 4.79 Å². The van der Waals surface area contributed by atoms with Gasteiger partial charge in [-0.1, -0.05) is 13.8 Å². The predicted octanol–water partition coefficient (Wildman–Crippen LogP) is 2.61. The van der Waals surface area contributed by atoms with Gasteiger partial charge in [0.25, 0.3) is 5.91 Å². The molecule has 3 rings (SSSR count). The van der Waals surface area contributed by atoms with Crippen LogP contribution in [0, 0.1) is 0 Å². The van der Waals surface area contributed by atoms with Crippen LogP contribution < -0.4 is 4.74 Å². The minimum Gasteiger partial charge on any atom is -0.474 e. The second kappa shape index (κ2) is 7.21. The molecule has 0 N–H and O–H groups in total. The van der Waals surface area contributed by atoms with Crippen LogP contribution in [0.15, 0.2) is 18.5 Å². The van der Waals surface area contributed by atoms with Crippen LogP contribution in [0.4, 0.5) is 0 Å². The van der Waals surface area contributed by atoms with Crippen LogP contribution in [0.2, 0.25) is 0 Å². The molecule has 2 aromatic rings. The summed E-state index contributed by atoms with van der Waals surface area (Å²) in [6, 6.07) is 1.97. The number of amides is 1. The molecule has 3 heterocycles. The van der Waals surface area contributed by atoms with Crippen LogP contribution in [0.1, 0.15) is 37.0 Å². The molecule has 0 spiro atoms. The molecule has 1 aliphatic heterocycles. The lowest BCUT2D eigenvalue weighted by atomic mass is 10.1. The molecule has 0 unspecified atom stereocenters. The lowest BCUT2D eigenvalue weighted by molar-refractivity contribution is 0.0303. The number of hydrogen-bond donors (Lipinski definition) is 0. The Balaban J connectivity index is 1.98. The highest BCUT2D eigenvalue weighted by Crippen LogP contribution is 2.29. The highest BCUT2D eigenvalue weighted by molar-refractivity contribution is 6.06. The van der Waals surface area contributed by atoms with Gasteiger partial charge >= 0.3 is 0 Å². The summed E-state index contributed by atoms with van der Waals surface area (Å²) in [5.74, 6) is 0.615. The van der Waals surface area contributed by atoms with Gasteiger partial charge in [0.1, 0.15) is 0 Å². The van der Waals surface area contributed by atoms with Gasteiger partial charge in [-0.15, -0.1) is 0 Å². The third kappa shape index (κ3) is 3.11. The third-order valence-electron chi connectivity index (χ3n) is 4.59. The molecule has 1 fully saturated rings. The van der Waals surface area contributed by atoms with E-state index in [2.05, 4.69) is 18.8 Å². The molecule has 6 heteroatoms. The van der Waals surface area contributed by atoms with E-state index < -0.39 is 0 Å². The van der Waals surface area contributed by atoms with Crippen molar-refractivity contribution in [1.82, 2.24) is 14.5 Å². The van der Waals surface area contributed by atoms with E-state index in [4.69, 9.17) is 9.47 Å². The molecule has 6 nitrogen and oxygen atoms in total. The number of pyridine rings is 1. The van der Waals surface area contributed by atoms with Gasteiger partial charge in [0.2, 0.25) is 5.88 Å². The zero-order valence-electron chi connectivity index (χ0n) is 14.6. The van der Waals surface area contributed by atoms with E-state index in [-0.39, 0.29) is 12.0 Å². The molecule has 130 valence electrons. The van der Waals surface area contributed by atoms with Gasteiger partial charge in [0, 0.05) is 32.5 Å². The summed E-state index contributed by atoms with van der Waals surface area (Å²) in [7, 11) is 1.94. The number of carbonyl (C=O) groups excluding carboxylic acids is 1. The van der Waals surface area contributed by atoms with E-state index >= 15 is 0 Å². The maximum Gasteiger partial charge on any atom is 0.257 e. The number of rotatable bonds is 5. The summed E-state index contributed by atoms with van der Waals surface area (Å²) in [6.07, 6.45) is 5.60. The first-order chi connectivity index (χ1) is 11.7. The number of ether oxygens (including phenoxy) is 2. The SMILES string of the molecule is CCC(CC)Oc1ncc(C(=O)N2CCOCC2)c2c1ccn2C. The first-order valence-corrected chi connectivity index (χ1v) is 8.63. The predicted molar refractivity (Wildman–Crippen MR) is 92.4 cm³/mol.